The van der Waals surface area contributed by atoms with E-state index < -0.39 is 17.2 Å². The highest BCUT2D eigenvalue weighted by atomic mass is 16.5. The number of rotatable bonds is 5. The van der Waals surface area contributed by atoms with E-state index >= 15 is 0 Å². The van der Waals surface area contributed by atoms with Crippen LogP contribution in [0.2, 0.25) is 0 Å². The fourth-order valence-corrected chi connectivity index (χ4v) is 2.65. The monoisotopic (exact) mass is 370 g/mol. The fourth-order valence-electron chi connectivity index (χ4n) is 2.65. The quantitative estimate of drug-likeness (QED) is 0.485. The molecule has 0 atom stereocenters. The highest BCUT2D eigenvalue weighted by molar-refractivity contribution is 5.85. The predicted octanol–water partition coefficient (Wildman–Crippen LogP) is -0.407. The Morgan fingerprint density at radius 1 is 1.26 bits per heavy atom. The van der Waals surface area contributed by atoms with Crippen LogP contribution in [0.25, 0.3) is 11.2 Å². The molecule has 2 heterocycles. The van der Waals surface area contributed by atoms with Gasteiger partial charge in [0.2, 0.25) is 0 Å². The van der Waals surface area contributed by atoms with E-state index in [4.69, 9.17) is 4.74 Å². The van der Waals surface area contributed by atoms with Crippen LogP contribution in [0.4, 0.5) is 0 Å². The van der Waals surface area contributed by atoms with Crippen LogP contribution < -0.4 is 21.4 Å². The topological polar surface area (TPSA) is 113 Å². The van der Waals surface area contributed by atoms with E-state index in [1.54, 1.807) is 19.2 Å². The summed E-state index contributed by atoms with van der Waals surface area (Å²) in [5, 5.41) is 3.91. The zero-order valence-electron chi connectivity index (χ0n) is 15.0. The molecule has 0 unspecified atom stereocenters. The number of hydrogen-bond donors (Lipinski definition) is 1. The predicted molar refractivity (Wildman–Crippen MR) is 98.9 cm³/mol. The number of hydrazone groups is 1. The van der Waals surface area contributed by atoms with Gasteiger partial charge in [0.1, 0.15) is 12.3 Å². The fraction of sp³-hybridized carbons (Fsp3) is 0.235. The standard InChI is InChI=1S/C17H18N6O4/c1-21-15-14(16(25)22(2)17(21)26)23(10-18-15)9-13(24)20-19-8-11-6-4-5-7-12(11)27-3/h4-8,10H,9H2,1-3H3,(H,20,24). The van der Waals surface area contributed by atoms with Gasteiger partial charge in [0, 0.05) is 19.7 Å². The van der Waals surface area contributed by atoms with Crippen molar-refractivity contribution in [3.05, 3.63) is 57.0 Å². The number of amides is 1. The van der Waals surface area contributed by atoms with Gasteiger partial charge >= 0.3 is 5.69 Å². The second kappa shape index (κ2) is 7.28. The Bertz CT molecular complexity index is 1150. The molecule has 10 nitrogen and oxygen atoms in total. The lowest BCUT2D eigenvalue weighted by Gasteiger charge is -2.06. The Labute approximate surface area is 153 Å². The first-order valence-electron chi connectivity index (χ1n) is 7.99. The first-order valence-corrected chi connectivity index (χ1v) is 7.99. The molecule has 0 aliphatic heterocycles. The number of methoxy groups -OCH3 is 1. The Balaban J connectivity index is 1.80. The summed E-state index contributed by atoms with van der Waals surface area (Å²) in [5.74, 6) is 0.178. The summed E-state index contributed by atoms with van der Waals surface area (Å²) < 4.78 is 8.81. The first kappa shape index (κ1) is 18.1. The van der Waals surface area contributed by atoms with Gasteiger partial charge in [-0.25, -0.2) is 15.2 Å². The number of aryl methyl sites for hydroxylation is 1. The lowest BCUT2D eigenvalue weighted by molar-refractivity contribution is -0.121. The summed E-state index contributed by atoms with van der Waals surface area (Å²) in [6, 6.07) is 7.22. The highest BCUT2D eigenvalue weighted by Gasteiger charge is 2.15. The number of carbonyl (C=O) groups is 1. The molecule has 0 spiro atoms. The largest absolute Gasteiger partial charge is 0.496 e. The molecule has 27 heavy (non-hydrogen) atoms. The van der Waals surface area contributed by atoms with Crippen molar-refractivity contribution >= 4 is 23.3 Å². The van der Waals surface area contributed by atoms with Crippen molar-refractivity contribution in [2.45, 2.75) is 6.54 Å². The Kier molecular flexibility index (Phi) is 4.88. The van der Waals surface area contributed by atoms with Crippen molar-refractivity contribution in [2.75, 3.05) is 7.11 Å². The zero-order valence-corrected chi connectivity index (χ0v) is 15.0. The van der Waals surface area contributed by atoms with Crippen molar-refractivity contribution in [2.24, 2.45) is 19.2 Å². The van der Waals surface area contributed by atoms with E-state index in [0.29, 0.717) is 11.3 Å². The molecule has 140 valence electrons. The number of fused-ring (bicyclic) bond motifs is 1. The number of carbonyl (C=O) groups excluding carboxylic acids is 1. The van der Waals surface area contributed by atoms with Gasteiger partial charge in [-0.05, 0) is 12.1 Å². The molecule has 10 heteroatoms. The van der Waals surface area contributed by atoms with E-state index in [1.165, 1.54) is 35.8 Å². The molecule has 2 aromatic heterocycles. The molecule has 1 amide bonds. The lowest BCUT2D eigenvalue weighted by atomic mass is 10.2. The smallest absolute Gasteiger partial charge is 0.332 e. The number of nitrogens with zero attached hydrogens (tertiary/aromatic N) is 5. The van der Waals surface area contributed by atoms with Crippen LogP contribution in [0, 0.1) is 0 Å². The summed E-state index contributed by atoms with van der Waals surface area (Å²) in [6.45, 7) is -0.173. The molecule has 3 aromatic rings. The second-order valence-electron chi connectivity index (χ2n) is 5.79. The van der Waals surface area contributed by atoms with E-state index in [0.717, 1.165) is 4.57 Å². The summed E-state index contributed by atoms with van der Waals surface area (Å²) in [5.41, 5.74) is 2.49. The van der Waals surface area contributed by atoms with Gasteiger partial charge in [-0.2, -0.15) is 5.10 Å². The van der Waals surface area contributed by atoms with E-state index in [1.807, 2.05) is 12.1 Å². The third-order valence-electron chi connectivity index (χ3n) is 4.06. The van der Waals surface area contributed by atoms with E-state index in [9.17, 15) is 14.4 Å². The van der Waals surface area contributed by atoms with Gasteiger partial charge in [-0.1, -0.05) is 12.1 Å². The maximum atomic E-state index is 12.3. The minimum atomic E-state index is -0.518. The van der Waals surface area contributed by atoms with E-state index in [-0.39, 0.29) is 17.7 Å². The van der Waals surface area contributed by atoms with Crippen LogP contribution in [0.3, 0.4) is 0 Å². The second-order valence-corrected chi connectivity index (χ2v) is 5.79. The summed E-state index contributed by atoms with van der Waals surface area (Å²) >= 11 is 0. The van der Waals surface area contributed by atoms with Gasteiger partial charge in [-0.15, -0.1) is 0 Å². The minimum absolute atomic E-state index is 0.170. The number of nitrogens with one attached hydrogen (secondary N) is 1. The molecule has 0 saturated carbocycles. The number of aromatic nitrogens is 4. The molecule has 0 aliphatic carbocycles. The minimum Gasteiger partial charge on any atom is -0.496 e. The van der Waals surface area contributed by atoms with Crippen LogP contribution in [0.15, 0.2) is 45.3 Å². The van der Waals surface area contributed by atoms with Crippen molar-refractivity contribution in [3.63, 3.8) is 0 Å². The number of ether oxygens (including phenoxy) is 1. The van der Waals surface area contributed by atoms with Crippen molar-refractivity contribution in [3.8, 4) is 5.75 Å². The molecular formula is C17H18N6O4. The Hall–Kier alpha value is -3.69. The van der Waals surface area contributed by atoms with Crippen LogP contribution >= 0.6 is 0 Å². The maximum Gasteiger partial charge on any atom is 0.332 e. The average Bonchev–Trinajstić information content (AvgIpc) is 3.08. The van der Waals surface area contributed by atoms with Crippen LogP contribution in [0.1, 0.15) is 5.56 Å². The number of imidazole rings is 1. The maximum absolute atomic E-state index is 12.3. The molecule has 1 aromatic carbocycles. The average molecular weight is 370 g/mol. The molecular weight excluding hydrogens is 352 g/mol. The molecule has 3 rings (SSSR count). The van der Waals surface area contributed by atoms with Crippen molar-refractivity contribution in [1.29, 1.82) is 0 Å². The molecule has 0 saturated heterocycles. The number of benzene rings is 1. The first-order chi connectivity index (χ1) is 12.9. The Morgan fingerprint density at radius 3 is 2.74 bits per heavy atom. The molecule has 0 fully saturated rings. The number of hydrogen-bond acceptors (Lipinski definition) is 6. The third kappa shape index (κ3) is 3.36. The number of para-hydroxylation sites is 1. The third-order valence-corrected chi connectivity index (χ3v) is 4.06. The van der Waals surface area contributed by atoms with Gasteiger partial charge < -0.3 is 9.30 Å². The zero-order chi connectivity index (χ0) is 19.6. The lowest BCUT2D eigenvalue weighted by Crippen LogP contribution is -2.38. The van der Waals surface area contributed by atoms with Crippen molar-refractivity contribution < 1.29 is 9.53 Å². The van der Waals surface area contributed by atoms with Crippen LogP contribution in [-0.4, -0.2) is 37.9 Å². The molecule has 0 aliphatic rings. The van der Waals surface area contributed by atoms with Gasteiger partial charge in [0.25, 0.3) is 11.5 Å². The Morgan fingerprint density at radius 2 is 2.00 bits per heavy atom. The molecule has 0 bridgehead atoms. The van der Waals surface area contributed by atoms with E-state index in [2.05, 4.69) is 15.5 Å². The van der Waals surface area contributed by atoms with Crippen LogP contribution in [0.5, 0.6) is 5.75 Å². The molecule has 1 N–H and O–H groups in total. The SMILES string of the molecule is COc1ccccc1C=NNC(=O)Cn1cnc2c1c(=O)n(C)c(=O)n2C. The highest BCUT2D eigenvalue weighted by Crippen LogP contribution is 2.14. The van der Waals surface area contributed by atoms with Gasteiger partial charge in [0.15, 0.2) is 11.2 Å². The van der Waals surface area contributed by atoms with Crippen molar-refractivity contribution in [1.82, 2.24) is 24.1 Å². The normalized spacial score (nSPS) is 11.2. The summed E-state index contributed by atoms with van der Waals surface area (Å²) in [7, 11) is 4.43. The summed E-state index contributed by atoms with van der Waals surface area (Å²) in [6.07, 6.45) is 2.81. The van der Waals surface area contributed by atoms with Gasteiger partial charge in [0.05, 0.1) is 19.7 Å². The van der Waals surface area contributed by atoms with Crippen LogP contribution in [-0.2, 0) is 25.4 Å². The van der Waals surface area contributed by atoms with Gasteiger partial charge in [-0.3, -0.25) is 18.7 Å². The molecule has 0 radical (unpaired) electrons. The summed E-state index contributed by atoms with van der Waals surface area (Å²) in [4.78, 5) is 40.5.